The molecule has 0 spiro atoms. The molecule has 38 heavy (non-hydrogen) atoms. The van der Waals surface area contributed by atoms with Crippen molar-refractivity contribution in [3.63, 3.8) is 0 Å². The van der Waals surface area contributed by atoms with E-state index in [1.54, 1.807) is 11.9 Å². The molecule has 0 radical (unpaired) electrons. The van der Waals surface area contributed by atoms with Gasteiger partial charge in [-0.25, -0.2) is 0 Å². The van der Waals surface area contributed by atoms with Gasteiger partial charge >= 0.3 is 0 Å². The molecule has 224 valence electrons. The molecule has 1 N–H and O–H groups in total. The van der Waals surface area contributed by atoms with Gasteiger partial charge in [0.05, 0.1) is 17.8 Å². The van der Waals surface area contributed by atoms with Gasteiger partial charge in [-0.2, -0.15) is 10.2 Å². The van der Waals surface area contributed by atoms with Crippen molar-refractivity contribution in [3.05, 3.63) is 11.8 Å². The third-order valence-corrected chi connectivity index (χ3v) is 8.46. The van der Waals surface area contributed by atoms with E-state index in [0.717, 1.165) is 23.5 Å². The maximum Gasteiger partial charge on any atom is 0.226 e. The van der Waals surface area contributed by atoms with Crippen LogP contribution in [0, 0.1) is 34.5 Å². The van der Waals surface area contributed by atoms with Gasteiger partial charge in [0.1, 0.15) is 0 Å². The smallest absolute Gasteiger partial charge is 0.226 e. The highest BCUT2D eigenvalue weighted by Crippen LogP contribution is 2.50. The molecule has 0 aromatic carbocycles. The zero-order chi connectivity index (χ0) is 30.4. The van der Waals surface area contributed by atoms with E-state index in [2.05, 4.69) is 37.9 Å². The summed E-state index contributed by atoms with van der Waals surface area (Å²) in [5.74, 6) is 2.41. The Labute approximate surface area is 236 Å². The highest BCUT2D eigenvalue weighted by atomic mass is 16.3. The van der Waals surface area contributed by atoms with Crippen molar-refractivity contribution in [2.75, 3.05) is 13.6 Å². The van der Waals surface area contributed by atoms with E-state index in [4.69, 9.17) is 0 Å². The first kappa shape index (κ1) is 38.6. The number of carbonyl (C=O) groups excluding carboxylic acids is 2. The first-order valence-electron chi connectivity index (χ1n) is 15.0. The number of hydrogen-bond donors (Lipinski definition) is 1. The highest BCUT2D eigenvalue weighted by Gasteiger charge is 2.42. The lowest BCUT2D eigenvalue weighted by Crippen LogP contribution is -2.45. The standard InChI is InChI=1S/C13H23NO3.C8H16.C7H12N2.2C2H6/c1-8(13(3,4)5)12(17)14-7-10(16)6-11(14)9(2)15;1-6-5-7(2)8(6,3)4;1-3-7(9-8-2)6-4-5-6;2*1-2/h8,10-11,16H,6-7H2,1-5H3;6-7H,5H2,1-4H3;3,6H,4-5H2,1-2H3;2*1-2H3/b;;7-3-,9-8?;;. The largest absolute Gasteiger partial charge is 0.391 e. The molecule has 2 saturated carbocycles. The fourth-order valence-corrected chi connectivity index (χ4v) is 4.39. The van der Waals surface area contributed by atoms with Crippen LogP contribution in [0.3, 0.4) is 0 Å². The molecule has 1 amide bonds. The van der Waals surface area contributed by atoms with Gasteiger partial charge in [0, 0.05) is 31.8 Å². The number of carbonyl (C=O) groups is 2. The minimum absolute atomic E-state index is 0.0331. The minimum atomic E-state index is -0.569. The van der Waals surface area contributed by atoms with Crippen molar-refractivity contribution >= 4 is 11.7 Å². The van der Waals surface area contributed by atoms with Gasteiger partial charge in [0.25, 0.3) is 0 Å². The number of rotatable bonds is 4. The Morgan fingerprint density at radius 2 is 1.50 bits per heavy atom. The Kier molecular flexibility index (Phi) is 18.2. The van der Waals surface area contributed by atoms with Crippen LogP contribution in [0.1, 0.15) is 123 Å². The van der Waals surface area contributed by atoms with Crippen molar-refractivity contribution in [1.82, 2.24) is 4.90 Å². The molecule has 1 saturated heterocycles. The van der Waals surface area contributed by atoms with Crippen LogP contribution >= 0.6 is 0 Å². The molecule has 3 fully saturated rings. The zero-order valence-electron chi connectivity index (χ0n) is 27.7. The second kappa shape index (κ2) is 17.9. The Hall–Kier alpha value is -1.56. The summed E-state index contributed by atoms with van der Waals surface area (Å²) in [4.78, 5) is 25.3. The highest BCUT2D eigenvalue weighted by molar-refractivity contribution is 5.89. The lowest BCUT2D eigenvalue weighted by Gasteiger charge is -2.49. The second-order valence-corrected chi connectivity index (χ2v) is 12.2. The summed E-state index contributed by atoms with van der Waals surface area (Å²) < 4.78 is 0. The first-order chi connectivity index (χ1) is 17.6. The average molecular weight is 538 g/mol. The lowest BCUT2D eigenvalue weighted by molar-refractivity contribution is -0.142. The number of allylic oxidation sites excluding steroid dienone is 2. The quantitative estimate of drug-likeness (QED) is 0.366. The molecule has 3 rings (SSSR count). The molecule has 6 heteroatoms. The van der Waals surface area contributed by atoms with E-state index in [9.17, 15) is 14.7 Å². The van der Waals surface area contributed by atoms with Crippen molar-refractivity contribution in [2.24, 2.45) is 44.7 Å². The maximum absolute atomic E-state index is 12.3. The number of azo groups is 1. The monoisotopic (exact) mass is 537 g/mol. The third-order valence-electron chi connectivity index (χ3n) is 8.46. The SMILES string of the molecule is C/C=C(\N=NC)C1CC1.CC.CC.CC(=O)C1CC(O)CN1C(=O)C(C)C(C)(C)C.CC1CC(C)C1(C)C. The number of aliphatic hydroxyl groups is 1. The van der Waals surface area contributed by atoms with Crippen LogP contribution < -0.4 is 0 Å². The van der Waals surface area contributed by atoms with E-state index in [0.29, 0.717) is 11.8 Å². The summed E-state index contributed by atoms with van der Waals surface area (Å²) >= 11 is 0. The summed E-state index contributed by atoms with van der Waals surface area (Å²) in [5.41, 5.74) is 1.67. The Bertz CT molecular complexity index is 738. The van der Waals surface area contributed by atoms with Gasteiger partial charge in [0.15, 0.2) is 5.78 Å². The Morgan fingerprint density at radius 3 is 1.76 bits per heavy atom. The number of ketones is 1. The van der Waals surface area contributed by atoms with Crippen LogP contribution in [0.2, 0.25) is 0 Å². The molecular formula is C32H63N3O3. The number of aliphatic hydroxyl groups excluding tert-OH is 1. The summed E-state index contributed by atoms with van der Waals surface area (Å²) in [6.07, 6.45) is 5.90. The molecule has 0 aromatic heterocycles. The summed E-state index contributed by atoms with van der Waals surface area (Å²) in [7, 11) is 1.71. The molecule has 0 bridgehead atoms. The van der Waals surface area contributed by atoms with Gasteiger partial charge in [-0.05, 0) is 55.8 Å². The van der Waals surface area contributed by atoms with E-state index in [-0.39, 0.29) is 29.6 Å². The normalized spacial score (nSPS) is 26.6. The van der Waals surface area contributed by atoms with Gasteiger partial charge < -0.3 is 10.0 Å². The zero-order valence-corrected chi connectivity index (χ0v) is 27.7. The number of likely N-dealkylation sites (tertiary alicyclic amines) is 1. The van der Waals surface area contributed by atoms with Gasteiger partial charge in [-0.1, -0.05) is 89.2 Å². The molecule has 2 aliphatic carbocycles. The van der Waals surface area contributed by atoms with Crippen molar-refractivity contribution in [3.8, 4) is 0 Å². The van der Waals surface area contributed by atoms with Crippen LogP contribution in [0.15, 0.2) is 22.0 Å². The van der Waals surface area contributed by atoms with Crippen molar-refractivity contribution in [1.29, 1.82) is 0 Å². The van der Waals surface area contributed by atoms with E-state index in [1.165, 1.54) is 26.2 Å². The number of nitrogens with zero attached hydrogens (tertiary/aromatic N) is 3. The third kappa shape index (κ3) is 12.1. The van der Waals surface area contributed by atoms with Crippen LogP contribution in [-0.2, 0) is 9.59 Å². The average Bonchev–Trinajstić information content (AvgIpc) is 3.64. The van der Waals surface area contributed by atoms with Gasteiger partial charge in [0.2, 0.25) is 5.91 Å². The predicted molar refractivity (Wildman–Crippen MR) is 162 cm³/mol. The Morgan fingerprint density at radius 1 is 1.03 bits per heavy atom. The molecule has 6 nitrogen and oxygen atoms in total. The molecule has 1 heterocycles. The van der Waals surface area contributed by atoms with Gasteiger partial charge in [-0.3, -0.25) is 9.59 Å². The minimum Gasteiger partial charge on any atom is -0.391 e. The summed E-state index contributed by atoms with van der Waals surface area (Å²) in [6, 6.07) is -0.442. The lowest BCUT2D eigenvalue weighted by atomic mass is 9.56. The predicted octanol–water partition coefficient (Wildman–Crippen LogP) is 8.34. The van der Waals surface area contributed by atoms with Crippen LogP contribution in [0.5, 0.6) is 0 Å². The number of amides is 1. The van der Waals surface area contributed by atoms with Crippen LogP contribution in [-0.4, -0.2) is 47.4 Å². The Balaban J connectivity index is 0. The second-order valence-electron chi connectivity index (χ2n) is 12.2. The van der Waals surface area contributed by atoms with Crippen LogP contribution in [0.25, 0.3) is 0 Å². The van der Waals surface area contributed by atoms with Gasteiger partial charge in [-0.15, -0.1) is 0 Å². The molecule has 5 atom stereocenters. The number of β-amino-alcohol motifs (C(OH)–C–C–N with tert-alkyl or cyclic N) is 1. The van der Waals surface area contributed by atoms with E-state index >= 15 is 0 Å². The van der Waals surface area contributed by atoms with Crippen molar-refractivity contribution in [2.45, 2.75) is 135 Å². The molecule has 3 aliphatic rings. The molecular weight excluding hydrogens is 474 g/mol. The maximum atomic E-state index is 12.3. The van der Waals surface area contributed by atoms with Crippen molar-refractivity contribution < 1.29 is 14.7 Å². The first-order valence-corrected chi connectivity index (χ1v) is 15.0. The summed E-state index contributed by atoms with van der Waals surface area (Å²) in [6.45, 7) is 29.1. The fraction of sp³-hybridized carbons (Fsp3) is 0.875. The van der Waals surface area contributed by atoms with E-state index < -0.39 is 12.1 Å². The molecule has 0 aromatic rings. The fourth-order valence-electron chi connectivity index (χ4n) is 4.39. The number of Topliss-reactive ketones (excluding diaryl/α,β-unsaturated/α-hetero) is 1. The number of hydrogen-bond acceptors (Lipinski definition) is 5. The topological polar surface area (TPSA) is 82.3 Å². The summed E-state index contributed by atoms with van der Waals surface area (Å²) in [5, 5.41) is 17.3. The molecule has 1 aliphatic heterocycles. The van der Waals surface area contributed by atoms with E-state index in [1.807, 2.05) is 68.4 Å². The van der Waals surface area contributed by atoms with Crippen LogP contribution in [0.4, 0.5) is 0 Å². The molecule has 5 unspecified atom stereocenters.